The molecule has 1 atom stereocenters. The molecule has 3 heterocycles. The number of aromatic nitrogens is 1. The number of anilines is 1. The Labute approximate surface area is 199 Å². The van der Waals surface area contributed by atoms with Crippen LogP contribution in [-0.2, 0) is 4.79 Å². The van der Waals surface area contributed by atoms with E-state index < -0.39 is 23.5 Å². The first kappa shape index (κ1) is 21.9. The number of nitrogens with zero attached hydrogens (tertiary/aromatic N) is 2. The number of ether oxygens (including phenoxy) is 1. The number of carbonyl (C=O) groups excluding carboxylic acids is 2. The Morgan fingerprint density at radius 2 is 1.88 bits per heavy atom. The zero-order valence-electron chi connectivity index (χ0n) is 19.1. The minimum absolute atomic E-state index is 0.0133. The van der Waals surface area contributed by atoms with Crippen molar-refractivity contribution in [3.8, 4) is 5.75 Å². The van der Waals surface area contributed by atoms with Crippen molar-refractivity contribution in [2.24, 2.45) is 0 Å². The molecular formula is C26H22N2O5S. The number of aryl methyl sites for hydroxylation is 3. The minimum Gasteiger partial charge on any atom is -0.503 e. The molecular weight excluding hydrogens is 452 g/mol. The average molecular weight is 475 g/mol. The lowest BCUT2D eigenvalue weighted by molar-refractivity contribution is -0.117. The zero-order chi connectivity index (χ0) is 24.1. The molecule has 2 aromatic heterocycles. The molecule has 0 fully saturated rings. The predicted molar refractivity (Wildman–Crippen MR) is 130 cm³/mol. The monoisotopic (exact) mass is 474 g/mol. The van der Waals surface area contributed by atoms with Gasteiger partial charge < -0.3 is 14.3 Å². The number of hydrogen-bond acceptors (Lipinski definition) is 7. The molecule has 0 aliphatic carbocycles. The second-order valence-corrected chi connectivity index (χ2v) is 9.39. The average Bonchev–Trinajstić information content (AvgIpc) is 3.48. The summed E-state index contributed by atoms with van der Waals surface area (Å²) < 4.78 is 11.2. The maximum absolute atomic E-state index is 13.7. The van der Waals surface area contributed by atoms with E-state index in [4.69, 9.17) is 9.15 Å². The van der Waals surface area contributed by atoms with Crippen molar-refractivity contribution >= 4 is 39.1 Å². The number of aliphatic hydroxyl groups excluding tert-OH is 1. The SMILES string of the molecule is COc1cccc2cc(C(=O)C3=C(O)C(=O)N(c4nc(C)c(C)s4)C3c3ccc(C)cc3)oc12. The second-order valence-electron chi connectivity index (χ2n) is 8.21. The summed E-state index contributed by atoms with van der Waals surface area (Å²) in [5.41, 5.74) is 2.89. The van der Waals surface area contributed by atoms with Gasteiger partial charge in [0.15, 0.2) is 28.0 Å². The van der Waals surface area contributed by atoms with E-state index in [1.807, 2.05) is 45.0 Å². The number of furan rings is 1. The van der Waals surface area contributed by atoms with Crippen LogP contribution in [0.3, 0.4) is 0 Å². The van der Waals surface area contributed by atoms with Crippen LogP contribution >= 0.6 is 11.3 Å². The first-order chi connectivity index (χ1) is 16.3. The number of hydrogen-bond donors (Lipinski definition) is 1. The number of rotatable bonds is 5. The van der Waals surface area contributed by atoms with Gasteiger partial charge in [0, 0.05) is 10.3 Å². The molecule has 1 N–H and O–H groups in total. The molecule has 0 saturated heterocycles. The summed E-state index contributed by atoms with van der Waals surface area (Å²) in [6.45, 7) is 5.73. The second kappa shape index (κ2) is 8.14. The van der Waals surface area contributed by atoms with Crippen LogP contribution in [0.5, 0.6) is 5.75 Å². The summed E-state index contributed by atoms with van der Waals surface area (Å²) >= 11 is 1.34. The van der Waals surface area contributed by atoms with Crippen LogP contribution in [0.15, 0.2) is 64.3 Å². The molecule has 0 bridgehead atoms. The van der Waals surface area contributed by atoms with Crippen LogP contribution in [0.1, 0.15) is 38.3 Å². The Hall–Kier alpha value is -3.91. The van der Waals surface area contributed by atoms with Crippen LogP contribution < -0.4 is 9.64 Å². The van der Waals surface area contributed by atoms with Crippen LogP contribution in [0.2, 0.25) is 0 Å². The third-order valence-corrected chi connectivity index (χ3v) is 7.09. The summed E-state index contributed by atoms with van der Waals surface area (Å²) in [5.74, 6) is -1.34. The highest BCUT2D eigenvalue weighted by Gasteiger charge is 2.46. The van der Waals surface area contributed by atoms with Gasteiger partial charge in [-0.15, -0.1) is 11.3 Å². The standard InChI is InChI=1S/C26H22N2O5S/c1-13-8-10-16(11-9-13)21-20(23(30)25(31)28(21)26-27-14(2)15(3)34-26)22(29)19-12-17-6-5-7-18(32-4)24(17)33-19/h5-12,21,30H,1-4H3. The topological polar surface area (TPSA) is 92.9 Å². The van der Waals surface area contributed by atoms with Crippen molar-refractivity contribution in [3.05, 3.63) is 87.3 Å². The number of benzene rings is 2. The maximum Gasteiger partial charge on any atom is 0.296 e. The van der Waals surface area contributed by atoms with Gasteiger partial charge in [0.05, 0.1) is 24.4 Å². The number of para-hydroxylation sites is 1. The molecule has 7 nitrogen and oxygen atoms in total. The van der Waals surface area contributed by atoms with Gasteiger partial charge >= 0.3 is 0 Å². The van der Waals surface area contributed by atoms with Crippen LogP contribution in [0.4, 0.5) is 5.13 Å². The van der Waals surface area contributed by atoms with Gasteiger partial charge in [-0.25, -0.2) is 4.98 Å². The Balaban J connectivity index is 1.66. The summed E-state index contributed by atoms with van der Waals surface area (Å²) in [5, 5.41) is 12.0. The highest BCUT2D eigenvalue weighted by Crippen LogP contribution is 2.44. The summed E-state index contributed by atoms with van der Waals surface area (Å²) in [6.07, 6.45) is 0. The van der Waals surface area contributed by atoms with Crippen LogP contribution in [0.25, 0.3) is 11.0 Å². The fraction of sp³-hybridized carbons (Fsp3) is 0.192. The fourth-order valence-electron chi connectivity index (χ4n) is 4.10. The number of fused-ring (bicyclic) bond motifs is 1. The van der Waals surface area contributed by atoms with Gasteiger partial charge in [-0.3, -0.25) is 14.5 Å². The highest BCUT2D eigenvalue weighted by molar-refractivity contribution is 7.15. The van der Waals surface area contributed by atoms with E-state index in [1.54, 1.807) is 24.3 Å². The summed E-state index contributed by atoms with van der Waals surface area (Å²) in [4.78, 5) is 33.9. The minimum atomic E-state index is -0.847. The number of ketones is 1. The Kier molecular flexibility index (Phi) is 5.25. The van der Waals surface area contributed by atoms with Gasteiger partial charge in [-0.05, 0) is 38.5 Å². The van der Waals surface area contributed by atoms with Gasteiger partial charge in [-0.1, -0.05) is 42.0 Å². The molecule has 1 unspecified atom stereocenters. The summed E-state index contributed by atoms with van der Waals surface area (Å²) in [6, 6.07) is 13.6. The van der Waals surface area contributed by atoms with E-state index in [-0.39, 0.29) is 11.3 Å². The van der Waals surface area contributed by atoms with Crippen LogP contribution in [0, 0.1) is 20.8 Å². The number of thiazole rings is 1. The van der Waals surface area contributed by atoms with Crippen molar-refractivity contribution in [2.45, 2.75) is 26.8 Å². The molecule has 1 aliphatic rings. The van der Waals surface area contributed by atoms with E-state index in [9.17, 15) is 14.7 Å². The molecule has 5 rings (SSSR count). The normalized spacial score (nSPS) is 16.1. The van der Waals surface area contributed by atoms with Gasteiger partial charge in [-0.2, -0.15) is 0 Å². The molecule has 1 amide bonds. The quantitative estimate of drug-likeness (QED) is 0.378. The molecule has 0 radical (unpaired) electrons. The van der Waals surface area contributed by atoms with Gasteiger partial charge in [0.25, 0.3) is 5.91 Å². The number of aliphatic hydroxyl groups is 1. The number of carbonyl (C=O) groups is 2. The molecule has 1 aliphatic heterocycles. The number of amides is 1. The molecule has 172 valence electrons. The van der Waals surface area contributed by atoms with Gasteiger partial charge in [0.2, 0.25) is 5.78 Å². The van der Waals surface area contributed by atoms with E-state index >= 15 is 0 Å². The Bertz CT molecular complexity index is 1460. The Morgan fingerprint density at radius 3 is 2.53 bits per heavy atom. The van der Waals surface area contributed by atoms with E-state index in [0.717, 1.165) is 16.1 Å². The van der Waals surface area contributed by atoms with Crippen molar-refractivity contribution in [3.63, 3.8) is 0 Å². The third kappa shape index (κ3) is 3.38. The van der Waals surface area contributed by atoms with E-state index in [0.29, 0.717) is 27.4 Å². The highest BCUT2D eigenvalue weighted by atomic mass is 32.1. The van der Waals surface area contributed by atoms with Crippen molar-refractivity contribution < 1.29 is 23.8 Å². The largest absolute Gasteiger partial charge is 0.503 e. The lowest BCUT2D eigenvalue weighted by Crippen LogP contribution is -2.31. The molecule has 0 spiro atoms. The molecule has 0 saturated carbocycles. The van der Waals surface area contributed by atoms with Crippen molar-refractivity contribution in [1.82, 2.24) is 4.98 Å². The van der Waals surface area contributed by atoms with E-state index in [1.165, 1.54) is 23.3 Å². The Morgan fingerprint density at radius 1 is 1.15 bits per heavy atom. The molecule has 4 aromatic rings. The number of Topliss-reactive ketones (excluding diaryl/α,β-unsaturated/α-hetero) is 1. The first-order valence-electron chi connectivity index (χ1n) is 10.7. The molecule has 34 heavy (non-hydrogen) atoms. The van der Waals surface area contributed by atoms with E-state index in [2.05, 4.69) is 4.98 Å². The maximum atomic E-state index is 13.7. The van der Waals surface area contributed by atoms with Crippen molar-refractivity contribution in [2.75, 3.05) is 12.0 Å². The number of methoxy groups -OCH3 is 1. The first-order valence-corrected chi connectivity index (χ1v) is 11.5. The lowest BCUT2D eigenvalue weighted by Gasteiger charge is -2.24. The van der Waals surface area contributed by atoms with Crippen LogP contribution in [-0.4, -0.2) is 28.9 Å². The lowest BCUT2D eigenvalue weighted by atomic mass is 9.94. The third-order valence-electron chi connectivity index (χ3n) is 6.02. The molecule has 8 heteroatoms. The van der Waals surface area contributed by atoms with Crippen molar-refractivity contribution in [1.29, 1.82) is 0 Å². The predicted octanol–water partition coefficient (Wildman–Crippen LogP) is 5.61. The van der Waals surface area contributed by atoms with Gasteiger partial charge in [0.1, 0.15) is 0 Å². The smallest absolute Gasteiger partial charge is 0.296 e. The molecule has 2 aromatic carbocycles. The fourth-order valence-corrected chi connectivity index (χ4v) is 5.04. The summed E-state index contributed by atoms with van der Waals surface area (Å²) in [7, 11) is 1.52. The zero-order valence-corrected chi connectivity index (χ0v) is 19.9.